The number of halogens is 1. The van der Waals surface area contributed by atoms with Gasteiger partial charge in [-0.3, -0.25) is 14.9 Å². The molecule has 0 radical (unpaired) electrons. The molecule has 0 saturated heterocycles. The topological polar surface area (TPSA) is 115 Å². The third-order valence-corrected chi connectivity index (χ3v) is 5.09. The molecule has 1 aromatic heterocycles. The van der Waals surface area contributed by atoms with Crippen LogP contribution in [0.4, 0.5) is 5.69 Å². The smallest absolute Gasteiger partial charge is 0.273 e. The van der Waals surface area contributed by atoms with Crippen LogP contribution in [-0.4, -0.2) is 45.0 Å². The van der Waals surface area contributed by atoms with Crippen LogP contribution in [0.5, 0.6) is 0 Å². The number of rotatable bonds is 7. The molecule has 9 nitrogen and oxygen atoms in total. The molecule has 0 atom stereocenters. The van der Waals surface area contributed by atoms with Crippen molar-refractivity contribution in [1.29, 1.82) is 0 Å². The van der Waals surface area contributed by atoms with Gasteiger partial charge in [0.2, 0.25) is 0 Å². The highest BCUT2D eigenvalue weighted by Gasteiger charge is 2.18. The van der Waals surface area contributed by atoms with Gasteiger partial charge in [0, 0.05) is 31.3 Å². The quantitative estimate of drug-likeness (QED) is 0.307. The molecule has 1 aliphatic rings. The lowest BCUT2D eigenvalue weighted by molar-refractivity contribution is -0.384. The van der Waals surface area contributed by atoms with Crippen LogP contribution in [0.25, 0.3) is 5.69 Å². The zero-order chi connectivity index (χ0) is 19.9. The highest BCUT2D eigenvalue weighted by molar-refractivity contribution is 5.93. The predicted molar refractivity (Wildman–Crippen MR) is 112 cm³/mol. The number of nitro groups is 1. The summed E-state index contributed by atoms with van der Waals surface area (Å²) in [7, 11) is 0. The van der Waals surface area contributed by atoms with Crippen molar-refractivity contribution in [3.8, 4) is 5.69 Å². The molecular formula is C19H27ClN6O3. The van der Waals surface area contributed by atoms with Gasteiger partial charge in [-0.2, -0.15) is 0 Å². The Kier molecular flexibility index (Phi) is 8.53. The van der Waals surface area contributed by atoms with Crippen LogP contribution in [0, 0.1) is 17.0 Å². The molecule has 3 rings (SSSR count). The minimum atomic E-state index is -0.468. The minimum absolute atomic E-state index is 0. The molecule has 0 bridgehead atoms. The first-order chi connectivity index (χ1) is 13.6. The monoisotopic (exact) mass is 422 g/mol. The van der Waals surface area contributed by atoms with E-state index < -0.39 is 4.92 Å². The number of carbonyl (C=O) groups is 1. The Balaban J connectivity index is 0.00000300. The lowest BCUT2D eigenvalue weighted by Gasteiger charge is -2.16. The zero-order valence-corrected chi connectivity index (χ0v) is 17.3. The van der Waals surface area contributed by atoms with Crippen LogP contribution in [0.1, 0.15) is 54.7 Å². The van der Waals surface area contributed by atoms with E-state index in [0.717, 1.165) is 0 Å². The molecule has 2 N–H and O–H groups in total. The number of carbonyl (C=O) groups excluding carboxylic acids is 1. The standard InChI is InChI=1S/C19H26N6O3.ClH/c1-14-18(19(26)21-12-11-20-15-7-4-2-3-5-8-15)22-23-24(14)16-9-6-10-17(13-16)25(27)28;/h6,9-10,13,15,20H,2-5,7-8,11-12H2,1H3,(H,21,26);1H. The fourth-order valence-electron chi connectivity index (χ4n) is 3.54. The molecule has 0 spiro atoms. The largest absolute Gasteiger partial charge is 0.349 e. The number of nitro benzene ring substituents is 1. The first-order valence-electron chi connectivity index (χ1n) is 9.75. The van der Waals surface area contributed by atoms with E-state index in [4.69, 9.17) is 0 Å². The van der Waals surface area contributed by atoms with Gasteiger partial charge in [-0.25, -0.2) is 4.68 Å². The molecule has 158 valence electrons. The summed E-state index contributed by atoms with van der Waals surface area (Å²) in [6.07, 6.45) is 7.56. The van der Waals surface area contributed by atoms with Crippen LogP contribution < -0.4 is 10.6 Å². The second kappa shape index (κ2) is 10.9. The minimum Gasteiger partial charge on any atom is -0.349 e. The van der Waals surface area contributed by atoms with Crippen molar-refractivity contribution in [1.82, 2.24) is 25.6 Å². The molecule has 29 heavy (non-hydrogen) atoms. The Labute approximate surface area is 175 Å². The molecule has 0 unspecified atom stereocenters. The summed E-state index contributed by atoms with van der Waals surface area (Å²) in [5, 5.41) is 25.3. The van der Waals surface area contributed by atoms with E-state index in [1.807, 2.05) is 0 Å². The van der Waals surface area contributed by atoms with Crippen molar-refractivity contribution < 1.29 is 9.72 Å². The van der Waals surface area contributed by atoms with Crippen molar-refractivity contribution in [2.45, 2.75) is 51.5 Å². The van der Waals surface area contributed by atoms with Crippen LogP contribution in [0.15, 0.2) is 24.3 Å². The number of benzene rings is 1. The van der Waals surface area contributed by atoms with Crippen LogP contribution in [0.3, 0.4) is 0 Å². The van der Waals surface area contributed by atoms with Crippen LogP contribution in [0.2, 0.25) is 0 Å². The molecule has 1 fully saturated rings. The number of amides is 1. The average Bonchev–Trinajstić information content (AvgIpc) is 2.90. The van der Waals surface area contributed by atoms with Gasteiger partial charge in [-0.15, -0.1) is 17.5 Å². The Morgan fingerprint density at radius 2 is 1.97 bits per heavy atom. The molecule has 1 saturated carbocycles. The summed E-state index contributed by atoms with van der Waals surface area (Å²) >= 11 is 0. The highest BCUT2D eigenvalue weighted by atomic mass is 35.5. The van der Waals surface area contributed by atoms with Crippen molar-refractivity contribution in [3.05, 3.63) is 45.8 Å². The highest BCUT2D eigenvalue weighted by Crippen LogP contribution is 2.18. The Hall–Kier alpha value is -2.52. The Morgan fingerprint density at radius 3 is 2.66 bits per heavy atom. The van der Waals surface area contributed by atoms with Gasteiger partial charge in [0.05, 0.1) is 16.3 Å². The van der Waals surface area contributed by atoms with Gasteiger partial charge in [0.25, 0.3) is 11.6 Å². The van der Waals surface area contributed by atoms with Gasteiger partial charge in [-0.1, -0.05) is 37.0 Å². The molecule has 1 heterocycles. The second-order valence-electron chi connectivity index (χ2n) is 7.11. The summed E-state index contributed by atoms with van der Waals surface area (Å²) in [4.78, 5) is 22.9. The fourth-order valence-corrected chi connectivity index (χ4v) is 3.54. The summed E-state index contributed by atoms with van der Waals surface area (Å²) in [5.74, 6) is -0.295. The van der Waals surface area contributed by atoms with Crippen molar-refractivity contribution >= 4 is 24.0 Å². The maximum Gasteiger partial charge on any atom is 0.273 e. The maximum atomic E-state index is 12.4. The number of nitrogens with one attached hydrogen (secondary N) is 2. The van der Waals surface area contributed by atoms with Crippen molar-refractivity contribution in [3.63, 3.8) is 0 Å². The summed E-state index contributed by atoms with van der Waals surface area (Å²) in [6, 6.07) is 6.61. The van der Waals surface area contributed by atoms with E-state index in [-0.39, 0.29) is 29.7 Å². The summed E-state index contributed by atoms with van der Waals surface area (Å²) in [5.41, 5.74) is 1.21. The molecule has 1 aliphatic carbocycles. The molecule has 2 aromatic rings. The first-order valence-corrected chi connectivity index (χ1v) is 9.75. The van der Waals surface area contributed by atoms with E-state index in [9.17, 15) is 14.9 Å². The van der Waals surface area contributed by atoms with Crippen LogP contribution in [-0.2, 0) is 0 Å². The van der Waals surface area contributed by atoms with E-state index in [1.165, 1.54) is 55.3 Å². The Morgan fingerprint density at radius 1 is 1.24 bits per heavy atom. The average molecular weight is 423 g/mol. The number of nitrogens with zero attached hydrogens (tertiary/aromatic N) is 4. The lowest BCUT2D eigenvalue weighted by Crippen LogP contribution is -2.37. The van der Waals surface area contributed by atoms with E-state index >= 15 is 0 Å². The molecule has 0 aliphatic heterocycles. The van der Waals surface area contributed by atoms with Gasteiger partial charge in [-0.05, 0) is 25.8 Å². The third kappa shape index (κ3) is 5.98. The number of hydrogen-bond donors (Lipinski definition) is 2. The van der Waals surface area contributed by atoms with Crippen molar-refractivity contribution in [2.24, 2.45) is 0 Å². The predicted octanol–water partition coefficient (Wildman–Crippen LogP) is 2.95. The SMILES string of the molecule is Cc1c(C(=O)NCCNC2CCCCCC2)nnn1-c1cccc([N+](=O)[O-])c1.Cl. The fraction of sp³-hybridized carbons (Fsp3) is 0.526. The number of hydrogen-bond acceptors (Lipinski definition) is 6. The number of aromatic nitrogens is 3. The van der Waals surface area contributed by atoms with E-state index in [0.29, 0.717) is 30.5 Å². The van der Waals surface area contributed by atoms with E-state index in [2.05, 4.69) is 20.9 Å². The Bertz CT molecular complexity index is 833. The zero-order valence-electron chi connectivity index (χ0n) is 16.5. The van der Waals surface area contributed by atoms with Gasteiger partial charge >= 0.3 is 0 Å². The maximum absolute atomic E-state index is 12.4. The molecule has 1 aromatic carbocycles. The number of non-ortho nitro benzene ring substituents is 1. The summed E-state index contributed by atoms with van der Waals surface area (Å²) < 4.78 is 1.44. The van der Waals surface area contributed by atoms with E-state index in [1.54, 1.807) is 19.1 Å². The van der Waals surface area contributed by atoms with Crippen LogP contribution >= 0.6 is 12.4 Å². The lowest BCUT2D eigenvalue weighted by atomic mass is 10.1. The summed E-state index contributed by atoms with van der Waals surface area (Å²) in [6.45, 7) is 2.95. The molecule has 10 heteroatoms. The van der Waals surface area contributed by atoms with Gasteiger partial charge in [0.15, 0.2) is 5.69 Å². The first kappa shape index (κ1) is 22.8. The van der Waals surface area contributed by atoms with Gasteiger partial charge in [0.1, 0.15) is 0 Å². The van der Waals surface area contributed by atoms with Gasteiger partial charge < -0.3 is 10.6 Å². The third-order valence-electron chi connectivity index (χ3n) is 5.09. The molecule has 1 amide bonds. The normalized spacial score (nSPS) is 14.7. The second-order valence-corrected chi connectivity index (χ2v) is 7.11. The van der Waals surface area contributed by atoms with Crippen molar-refractivity contribution in [2.75, 3.05) is 13.1 Å². The molecular weight excluding hydrogens is 396 g/mol.